The van der Waals surface area contributed by atoms with Crippen molar-refractivity contribution in [1.82, 2.24) is 0 Å². The van der Waals surface area contributed by atoms with Crippen LogP contribution in [0, 0.1) is 0 Å². The number of benzene rings is 1. The van der Waals surface area contributed by atoms with Crippen molar-refractivity contribution in [2.45, 2.75) is 18.6 Å². The average Bonchev–Trinajstić information content (AvgIpc) is 2.29. The standard InChI is InChI=1S/C12H16O3S/c1-2-15-9-16-11(12(13)14)8-10-6-4-3-5-7-10/h3-7,11H,2,8-9H2,1H3,(H,13,14). The number of aliphatic carboxylic acids is 1. The zero-order valence-corrected chi connectivity index (χ0v) is 10.1. The van der Waals surface area contributed by atoms with Crippen molar-refractivity contribution in [2.24, 2.45) is 0 Å². The Balaban J connectivity index is 2.48. The van der Waals surface area contributed by atoms with E-state index in [0.29, 0.717) is 19.0 Å². The van der Waals surface area contributed by atoms with Gasteiger partial charge in [-0.2, -0.15) is 0 Å². The van der Waals surface area contributed by atoms with Gasteiger partial charge in [0.2, 0.25) is 0 Å². The van der Waals surface area contributed by atoms with Gasteiger partial charge >= 0.3 is 5.97 Å². The van der Waals surface area contributed by atoms with Crippen molar-refractivity contribution in [1.29, 1.82) is 0 Å². The molecule has 0 aliphatic carbocycles. The van der Waals surface area contributed by atoms with Gasteiger partial charge in [0.15, 0.2) is 0 Å². The fourth-order valence-electron chi connectivity index (χ4n) is 1.26. The molecular weight excluding hydrogens is 224 g/mol. The first kappa shape index (κ1) is 13.1. The minimum atomic E-state index is -0.784. The maximum atomic E-state index is 11.0. The summed E-state index contributed by atoms with van der Waals surface area (Å²) in [4.78, 5) is 11.0. The molecule has 0 radical (unpaired) electrons. The Morgan fingerprint density at radius 2 is 2.12 bits per heavy atom. The minimum Gasteiger partial charge on any atom is -0.480 e. The van der Waals surface area contributed by atoms with E-state index in [0.717, 1.165) is 5.56 Å². The van der Waals surface area contributed by atoms with Gasteiger partial charge in [-0.3, -0.25) is 4.79 Å². The summed E-state index contributed by atoms with van der Waals surface area (Å²) >= 11 is 1.33. The lowest BCUT2D eigenvalue weighted by molar-refractivity contribution is -0.136. The van der Waals surface area contributed by atoms with Crippen molar-refractivity contribution < 1.29 is 14.6 Å². The van der Waals surface area contributed by atoms with Crippen LogP contribution in [0.3, 0.4) is 0 Å². The second-order valence-electron chi connectivity index (χ2n) is 3.29. The Morgan fingerprint density at radius 3 is 2.69 bits per heavy atom. The summed E-state index contributed by atoms with van der Waals surface area (Å²) in [7, 11) is 0. The summed E-state index contributed by atoms with van der Waals surface area (Å²) in [6, 6.07) is 9.64. The first-order valence-corrected chi connectivity index (χ1v) is 6.25. The number of carboxylic acids is 1. The highest BCUT2D eigenvalue weighted by atomic mass is 32.2. The molecule has 3 nitrogen and oxygen atoms in total. The number of hydrogen-bond acceptors (Lipinski definition) is 3. The molecule has 0 aliphatic heterocycles. The van der Waals surface area contributed by atoms with Crippen LogP contribution in [0.4, 0.5) is 0 Å². The van der Waals surface area contributed by atoms with Gasteiger partial charge in [0.05, 0.1) is 5.94 Å². The van der Waals surface area contributed by atoms with Gasteiger partial charge < -0.3 is 9.84 Å². The molecular formula is C12H16O3S. The highest BCUT2D eigenvalue weighted by Gasteiger charge is 2.18. The Hall–Kier alpha value is -1.00. The maximum Gasteiger partial charge on any atom is 0.317 e. The summed E-state index contributed by atoms with van der Waals surface area (Å²) in [6.07, 6.45) is 0.536. The van der Waals surface area contributed by atoms with E-state index < -0.39 is 11.2 Å². The Labute approximate surface area is 99.8 Å². The Morgan fingerprint density at radius 1 is 1.44 bits per heavy atom. The quantitative estimate of drug-likeness (QED) is 0.587. The first-order valence-electron chi connectivity index (χ1n) is 5.20. The number of carboxylic acid groups (broad SMARTS) is 1. The van der Waals surface area contributed by atoms with E-state index in [-0.39, 0.29) is 0 Å². The molecule has 1 aromatic carbocycles. The Bertz CT molecular complexity index is 313. The van der Waals surface area contributed by atoms with Crippen LogP contribution in [-0.4, -0.2) is 28.9 Å². The predicted octanol–water partition coefficient (Wildman–Crippen LogP) is 2.41. The molecule has 1 rings (SSSR count). The third kappa shape index (κ3) is 4.68. The van der Waals surface area contributed by atoms with E-state index in [2.05, 4.69) is 0 Å². The van der Waals surface area contributed by atoms with Crippen LogP contribution in [0.15, 0.2) is 30.3 Å². The van der Waals surface area contributed by atoms with Crippen molar-refractivity contribution in [3.8, 4) is 0 Å². The molecule has 1 N–H and O–H groups in total. The smallest absolute Gasteiger partial charge is 0.317 e. The largest absolute Gasteiger partial charge is 0.480 e. The van der Waals surface area contributed by atoms with E-state index in [4.69, 9.17) is 9.84 Å². The normalized spacial score (nSPS) is 12.3. The van der Waals surface area contributed by atoms with Crippen LogP contribution < -0.4 is 0 Å². The topological polar surface area (TPSA) is 46.5 Å². The van der Waals surface area contributed by atoms with E-state index in [1.54, 1.807) is 0 Å². The number of ether oxygens (including phenoxy) is 1. The molecule has 0 heterocycles. The number of rotatable bonds is 7. The van der Waals surface area contributed by atoms with Crippen LogP contribution in [0.2, 0.25) is 0 Å². The van der Waals surface area contributed by atoms with Crippen LogP contribution in [0.25, 0.3) is 0 Å². The summed E-state index contributed by atoms with van der Waals surface area (Å²) in [6.45, 7) is 2.51. The second-order valence-corrected chi connectivity index (χ2v) is 4.43. The van der Waals surface area contributed by atoms with Crippen LogP contribution in [-0.2, 0) is 16.0 Å². The third-order valence-corrected chi connectivity index (χ3v) is 3.17. The van der Waals surface area contributed by atoms with E-state index in [1.165, 1.54) is 11.8 Å². The van der Waals surface area contributed by atoms with Crippen LogP contribution in [0.1, 0.15) is 12.5 Å². The minimum absolute atomic E-state index is 0.431. The molecule has 0 spiro atoms. The molecule has 1 atom stereocenters. The zero-order chi connectivity index (χ0) is 11.8. The van der Waals surface area contributed by atoms with E-state index in [1.807, 2.05) is 37.3 Å². The molecule has 0 amide bonds. The van der Waals surface area contributed by atoms with E-state index >= 15 is 0 Å². The molecule has 4 heteroatoms. The fourth-order valence-corrected chi connectivity index (χ4v) is 2.14. The summed E-state index contributed by atoms with van der Waals surface area (Å²) < 4.78 is 5.15. The second kappa shape index (κ2) is 7.30. The van der Waals surface area contributed by atoms with Gasteiger partial charge in [0.1, 0.15) is 5.25 Å². The molecule has 1 aromatic rings. The lowest BCUT2D eigenvalue weighted by Crippen LogP contribution is -2.20. The predicted molar refractivity (Wildman–Crippen MR) is 65.7 cm³/mol. The monoisotopic (exact) mass is 240 g/mol. The van der Waals surface area contributed by atoms with Gasteiger partial charge in [-0.1, -0.05) is 30.3 Å². The van der Waals surface area contributed by atoms with Crippen molar-refractivity contribution >= 4 is 17.7 Å². The van der Waals surface area contributed by atoms with Gasteiger partial charge in [0.25, 0.3) is 0 Å². The maximum absolute atomic E-state index is 11.0. The molecule has 0 saturated heterocycles. The molecule has 0 saturated carbocycles. The molecule has 0 bridgehead atoms. The summed E-state index contributed by atoms with van der Waals surface area (Å²) in [5.41, 5.74) is 1.04. The van der Waals surface area contributed by atoms with E-state index in [9.17, 15) is 4.79 Å². The third-order valence-electron chi connectivity index (χ3n) is 2.10. The lowest BCUT2D eigenvalue weighted by atomic mass is 10.1. The highest BCUT2D eigenvalue weighted by molar-refractivity contribution is 8.00. The van der Waals surface area contributed by atoms with Crippen molar-refractivity contribution in [2.75, 3.05) is 12.5 Å². The molecule has 16 heavy (non-hydrogen) atoms. The highest BCUT2D eigenvalue weighted by Crippen LogP contribution is 2.17. The van der Waals surface area contributed by atoms with Crippen LogP contribution >= 0.6 is 11.8 Å². The van der Waals surface area contributed by atoms with Gasteiger partial charge in [0, 0.05) is 6.61 Å². The SMILES string of the molecule is CCOCSC(Cc1ccccc1)C(=O)O. The van der Waals surface area contributed by atoms with Gasteiger partial charge in [-0.05, 0) is 18.9 Å². The molecule has 0 fully saturated rings. The van der Waals surface area contributed by atoms with Gasteiger partial charge in [-0.25, -0.2) is 0 Å². The lowest BCUT2D eigenvalue weighted by Gasteiger charge is -2.11. The van der Waals surface area contributed by atoms with Crippen molar-refractivity contribution in [3.05, 3.63) is 35.9 Å². The first-order chi connectivity index (χ1) is 7.74. The number of thioether (sulfide) groups is 1. The van der Waals surface area contributed by atoms with Gasteiger partial charge in [-0.15, -0.1) is 11.8 Å². The Kier molecular flexibility index (Phi) is 5.96. The van der Waals surface area contributed by atoms with Crippen LogP contribution in [0.5, 0.6) is 0 Å². The number of hydrogen-bond donors (Lipinski definition) is 1. The zero-order valence-electron chi connectivity index (χ0n) is 9.26. The molecule has 88 valence electrons. The molecule has 1 unspecified atom stereocenters. The fraction of sp³-hybridized carbons (Fsp3) is 0.417. The molecule has 0 aromatic heterocycles. The van der Waals surface area contributed by atoms with Crippen molar-refractivity contribution in [3.63, 3.8) is 0 Å². The molecule has 0 aliphatic rings. The number of carbonyl (C=O) groups is 1. The summed E-state index contributed by atoms with van der Waals surface area (Å²) in [5.74, 6) is -0.353. The summed E-state index contributed by atoms with van der Waals surface area (Å²) in [5, 5.41) is 8.62. The average molecular weight is 240 g/mol.